The zero-order valence-electron chi connectivity index (χ0n) is 17.9. The summed E-state index contributed by atoms with van der Waals surface area (Å²) in [6.45, 7) is 2.20. The molecule has 3 N–H and O–H groups in total. The first-order chi connectivity index (χ1) is 14.9. The van der Waals surface area contributed by atoms with Gasteiger partial charge in [-0.15, -0.1) is 0 Å². The predicted octanol–water partition coefficient (Wildman–Crippen LogP) is 2.45. The summed E-state index contributed by atoms with van der Waals surface area (Å²) in [5.41, 5.74) is 0.471. The number of rotatable bonds is 8. The first-order valence-corrected chi connectivity index (χ1v) is 11.2. The van der Waals surface area contributed by atoms with Gasteiger partial charge in [-0.3, -0.25) is 14.4 Å². The Morgan fingerprint density at radius 2 is 1.94 bits per heavy atom. The molecule has 3 amide bonds. The van der Waals surface area contributed by atoms with E-state index in [1.807, 2.05) is 19.1 Å². The average molecular weight is 448 g/mol. The number of halogens is 1. The minimum Gasteiger partial charge on any atom is -0.396 e. The van der Waals surface area contributed by atoms with Crippen molar-refractivity contribution in [3.05, 3.63) is 41.4 Å². The van der Waals surface area contributed by atoms with Gasteiger partial charge in [0.1, 0.15) is 6.04 Å². The van der Waals surface area contributed by atoms with Gasteiger partial charge in [-0.05, 0) is 30.9 Å². The summed E-state index contributed by atoms with van der Waals surface area (Å²) in [6.07, 6.45) is 5.95. The van der Waals surface area contributed by atoms with Gasteiger partial charge in [-0.2, -0.15) is 0 Å². The van der Waals surface area contributed by atoms with Gasteiger partial charge in [0.2, 0.25) is 17.7 Å². The Labute approximate surface area is 187 Å². The third-order valence-corrected chi connectivity index (χ3v) is 6.57. The van der Waals surface area contributed by atoms with Crippen LogP contribution in [0.4, 0.5) is 5.69 Å². The lowest BCUT2D eigenvalue weighted by Crippen LogP contribution is -2.45. The highest BCUT2D eigenvalue weighted by molar-refractivity contribution is 6.33. The van der Waals surface area contributed by atoms with Crippen molar-refractivity contribution in [1.82, 2.24) is 10.2 Å². The lowest BCUT2D eigenvalue weighted by Gasteiger charge is -2.34. The molecule has 3 rings (SSSR count). The van der Waals surface area contributed by atoms with E-state index in [-0.39, 0.29) is 36.8 Å². The standard InChI is InChI=1S/C23H30ClN3O4/c1-3-7-14-10-11-15-19(18(14)21(29)25-2)23(31)27(12-6-13-28)20(15)22(30)26-17-9-5-4-8-16(17)24/h4-5,8-11,14-15,18-20,28H,3,6-7,12-13H2,1-2H3,(H,25,29)(H,26,30)/t14-,15+,18-,19+,20+/m1/s1. The van der Waals surface area contributed by atoms with Gasteiger partial charge in [0, 0.05) is 26.1 Å². The molecule has 8 heteroatoms. The number of hydrogen-bond donors (Lipinski definition) is 3. The van der Waals surface area contributed by atoms with E-state index in [4.69, 9.17) is 11.6 Å². The van der Waals surface area contributed by atoms with Crippen molar-refractivity contribution in [3.63, 3.8) is 0 Å². The van der Waals surface area contributed by atoms with Crippen LogP contribution in [-0.2, 0) is 14.4 Å². The predicted molar refractivity (Wildman–Crippen MR) is 119 cm³/mol. The molecule has 0 bridgehead atoms. The quantitative estimate of drug-likeness (QED) is 0.533. The molecule has 1 aromatic rings. The number of likely N-dealkylation sites (tertiary alicyclic amines) is 1. The maximum atomic E-state index is 13.5. The molecule has 0 spiro atoms. The molecule has 0 aromatic heterocycles. The molecule has 1 saturated heterocycles. The monoisotopic (exact) mass is 447 g/mol. The molecular weight excluding hydrogens is 418 g/mol. The third kappa shape index (κ3) is 4.62. The number of carbonyl (C=O) groups is 3. The fourth-order valence-corrected chi connectivity index (χ4v) is 5.06. The van der Waals surface area contributed by atoms with E-state index in [9.17, 15) is 19.5 Å². The molecule has 5 atom stereocenters. The van der Waals surface area contributed by atoms with E-state index in [2.05, 4.69) is 10.6 Å². The number of aliphatic hydroxyl groups excluding tert-OH is 1. The summed E-state index contributed by atoms with van der Waals surface area (Å²) in [5.74, 6) is -2.35. The van der Waals surface area contributed by atoms with Crippen LogP contribution in [0.5, 0.6) is 0 Å². The molecular formula is C23H30ClN3O4. The van der Waals surface area contributed by atoms with E-state index in [0.717, 1.165) is 12.8 Å². The molecule has 168 valence electrons. The van der Waals surface area contributed by atoms with E-state index < -0.39 is 23.8 Å². The number of nitrogens with zero attached hydrogens (tertiary/aromatic N) is 1. The van der Waals surface area contributed by atoms with Crippen molar-refractivity contribution < 1.29 is 19.5 Å². The second-order valence-electron chi connectivity index (χ2n) is 8.10. The number of amides is 3. The van der Waals surface area contributed by atoms with Gasteiger partial charge < -0.3 is 20.6 Å². The van der Waals surface area contributed by atoms with Gasteiger partial charge in [0.15, 0.2) is 0 Å². The van der Waals surface area contributed by atoms with Crippen molar-refractivity contribution in [2.75, 3.05) is 25.5 Å². The Morgan fingerprint density at radius 3 is 2.58 bits per heavy atom. The van der Waals surface area contributed by atoms with Crippen LogP contribution < -0.4 is 10.6 Å². The smallest absolute Gasteiger partial charge is 0.247 e. The van der Waals surface area contributed by atoms with Crippen molar-refractivity contribution in [2.24, 2.45) is 23.7 Å². The van der Waals surface area contributed by atoms with Crippen LogP contribution in [0, 0.1) is 23.7 Å². The van der Waals surface area contributed by atoms with Gasteiger partial charge >= 0.3 is 0 Å². The summed E-state index contributed by atoms with van der Waals surface area (Å²) in [4.78, 5) is 41.1. The highest BCUT2D eigenvalue weighted by Gasteiger charge is 2.56. The summed E-state index contributed by atoms with van der Waals surface area (Å²) < 4.78 is 0. The van der Waals surface area contributed by atoms with Crippen molar-refractivity contribution in [3.8, 4) is 0 Å². The van der Waals surface area contributed by atoms with E-state index >= 15 is 0 Å². The zero-order chi connectivity index (χ0) is 22.5. The Morgan fingerprint density at radius 1 is 1.19 bits per heavy atom. The maximum absolute atomic E-state index is 13.5. The third-order valence-electron chi connectivity index (χ3n) is 6.24. The van der Waals surface area contributed by atoms with Gasteiger partial charge in [-0.25, -0.2) is 0 Å². The molecule has 0 saturated carbocycles. The van der Waals surface area contributed by atoms with Crippen LogP contribution >= 0.6 is 11.6 Å². The molecule has 1 aliphatic carbocycles. The fourth-order valence-electron chi connectivity index (χ4n) is 4.88. The second kappa shape index (κ2) is 10.3. The number of carbonyl (C=O) groups excluding carboxylic acids is 3. The first-order valence-electron chi connectivity index (χ1n) is 10.8. The molecule has 0 radical (unpaired) electrons. The van der Waals surface area contributed by atoms with E-state index in [1.165, 1.54) is 4.90 Å². The van der Waals surface area contributed by atoms with Gasteiger partial charge in [0.25, 0.3) is 0 Å². The van der Waals surface area contributed by atoms with Crippen LogP contribution in [-0.4, -0.2) is 54.0 Å². The number of nitrogens with one attached hydrogen (secondary N) is 2. The minimum atomic E-state index is -0.772. The number of anilines is 1. The van der Waals surface area contributed by atoms with Crippen LogP contribution in [0.1, 0.15) is 26.2 Å². The topological polar surface area (TPSA) is 98.7 Å². The largest absolute Gasteiger partial charge is 0.396 e. The Bertz CT molecular complexity index is 859. The number of fused-ring (bicyclic) bond motifs is 1. The molecule has 1 fully saturated rings. The fraction of sp³-hybridized carbons (Fsp3) is 0.522. The Hall–Kier alpha value is -2.38. The summed E-state index contributed by atoms with van der Waals surface area (Å²) in [6, 6.07) is 6.15. The summed E-state index contributed by atoms with van der Waals surface area (Å²) in [7, 11) is 1.57. The number of aliphatic hydroxyl groups is 1. The molecule has 1 heterocycles. The lowest BCUT2D eigenvalue weighted by atomic mass is 9.68. The van der Waals surface area contributed by atoms with Crippen molar-refractivity contribution in [1.29, 1.82) is 0 Å². The molecule has 0 unspecified atom stereocenters. The first kappa shape index (κ1) is 23.3. The van der Waals surface area contributed by atoms with Gasteiger partial charge in [0.05, 0.1) is 22.5 Å². The highest BCUT2D eigenvalue weighted by atomic mass is 35.5. The Kier molecular flexibility index (Phi) is 7.73. The molecule has 1 aromatic carbocycles. The van der Waals surface area contributed by atoms with Gasteiger partial charge in [-0.1, -0.05) is 49.2 Å². The summed E-state index contributed by atoms with van der Waals surface area (Å²) in [5, 5.41) is 15.3. The minimum absolute atomic E-state index is 0.0554. The number of hydrogen-bond acceptors (Lipinski definition) is 4. The van der Waals surface area contributed by atoms with Crippen molar-refractivity contribution >= 4 is 35.0 Å². The SMILES string of the molecule is CCC[C@@H]1C=C[C@H]2[C@H](C(=O)N(CCCO)[C@@H]2C(=O)Nc2ccccc2Cl)[C@@H]1C(=O)NC. The average Bonchev–Trinajstić information content (AvgIpc) is 3.05. The molecule has 7 nitrogen and oxygen atoms in total. The zero-order valence-corrected chi connectivity index (χ0v) is 18.6. The maximum Gasteiger partial charge on any atom is 0.247 e. The van der Waals surface area contributed by atoms with E-state index in [0.29, 0.717) is 17.1 Å². The van der Waals surface area contributed by atoms with Crippen LogP contribution in [0.2, 0.25) is 5.02 Å². The second-order valence-corrected chi connectivity index (χ2v) is 8.51. The lowest BCUT2D eigenvalue weighted by molar-refractivity contribution is -0.140. The summed E-state index contributed by atoms with van der Waals surface area (Å²) >= 11 is 6.20. The number of benzene rings is 1. The van der Waals surface area contributed by atoms with E-state index in [1.54, 1.807) is 31.3 Å². The van der Waals surface area contributed by atoms with Crippen LogP contribution in [0.3, 0.4) is 0 Å². The van der Waals surface area contributed by atoms with Crippen molar-refractivity contribution in [2.45, 2.75) is 32.2 Å². The van der Waals surface area contributed by atoms with Crippen LogP contribution in [0.15, 0.2) is 36.4 Å². The number of para-hydroxylation sites is 1. The normalized spacial score (nSPS) is 27.2. The molecule has 31 heavy (non-hydrogen) atoms. The number of allylic oxidation sites excluding steroid dienone is 1. The highest BCUT2D eigenvalue weighted by Crippen LogP contribution is 2.45. The van der Waals surface area contributed by atoms with Crippen LogP contribution in [0.25, 0.3) is 0 Å². The molecule has 2 aliphatic rings. The Balaban J connectivity index is 1.97. The molecule has 1 aliphatic heterocycles.